The monoisotopic (exact) mass is 1170 g/mol. The van der Waals surface area contributed by atoms with Gasteiger partial charge in [0.1, 0.15) is 12.6 Å². The molecule has 1 aromatic heterocycles. The number of carboxylic acids is 2. The molecule has 0 spiro atoms. The van der Waals surface area contributed by atoms with E-state index in [0.717, 1.165) is 31.5 Å². The quantitative estimate of drug-likeness (QED) is 0.0331. The molecule has 81 heavy (non-hydrogen) atoms. The van der Waals surface area contributed by atoms with Crippen molar-refractivity contribution in [1.82, 2.24) is 36.0 Å². The molecule has 0 fully saturated rings. The molecule has 0 radical (unpaired) electrons. The van der Waals surface area contributed by atoms with E-state index in [4.69, 9.17) is 14.6 Å². The molecule has 6 N–H and O–H groups in total. The smallest absolute Gasteiger partial charge is 0.326 e. The molecule has 0 aliphatic rings. The topological polar surface area (TPSA) is 286 Å². The van der Waals surface area contributed by atoms with E-state index in [0.29, 0.717) is 6.42 Å². The number of H-pyrrole nitrogens is 1. The molecule has 0 saturated heterocycles. The molecule has 1 unspecified atom stereocenters. The summed E-state index contributed by atoms with van der Waals surface area (Å²) in [5.41, 5.74) is 0. The zero-order valence-electron chi connectivity index (χ0n) is 50.4. The van der Waals surface area contributed by atoms with Crippen LogP contribution in [0.25, 0.3) is 0 Å². The summed E-state index contributed by atoms with van der Waals surface area (Å²) in [7, 11) is -3.84. The van der Waals surface area contributed by atoms with Crippen LogP contribution in [0.1, 0.15) is 295 Å². The van der Waals surface area contributed by atoms with Crippen LogP contribution in [0.5, 0.6) is 0 Å². The second-order valence-corrected chi connectivity index (χ2v) is 24.4. The molecule has 1 heterocycles. The first-order valence-corrected chi connectivity index (χ1v) is 33.9. The number of sulfonamides is 1. The van der Waals surface area contributed by atoms with Gasteiger partial charge in [0.25, 0.3) is 0 Å². The first-order valence-electron chi connectivity index (χ1n) is 32.3. The summed E-state index contributed by atoms with van der Waals surface area (Å²) in [5, 5.41) is 37.6. The van der Waals surface area contributed by atoms with Crippen molar-refractivity contribution in [2.24, 2.45) is 5.92 Å². The van der Waals surface area contributed by atoms with Crippen molar-refractivity contribution in [3.63, 3.8) is 0 Å². The fourth-order valence-corrected chi connectivity index (χ4v) is 11.1. The summed E-state index contributed by atoms with van der Waals surface area (Å²) in [5.74, 6) is -5.03. The number of aryl methyl sites for hydroxylation is 1. The minimum Gasteiger partial charge on any atom is -0.481 e. The standard InChI is InChI=1S/C61H113N7O12S/c1-2-55(61(75)76)63-58(71)45-44-53(60(73)74)51-54(69)52-80-49-48-79-47-46-62-57(70)43-40-50-81(77,78)66-59(72)42-39-37-35-33-31-29-27-25-23-21-19-17-15-13-11-9-7-5-3-4-6-8-10-12-14-16-18-20-22-24-26-28-30-32-34-36-38-41-56-64-67-68-65-56/h53,55H,2-52H2,1H3,(H,62,70)(H,63,71)(H,66,72)(H,73,74)(H,75,76)(H,64,65,67,68)/t53-,55?/m1/s1. The molecule has 0 saturated carbocycles. The number of rotatable bonds is 62. The Morgan fingerprint density at radius 3 is 1.33 bits per heavy atom. The number of aliphatic carboxylic acids is 2. The summed E-state index contributed by atoms with van der Waals surface area (Å²) in [6, 6.07) is -1.07. The molecule has 20 heteroatoms. The number of hydrogen-bond acceptors (Lipinski definition) is 13. The Morgan fingerprint density at radius 1 is 0.506 bits per heavy atom. The summed E-state index contributed by atoms with van der Waals surface area (Å²) < 4.78 is 37.5. The Kier molecular flexibility index (Phi) is 49.9. The van der Waals surface area contributed by atoms with Gasteiger partial charge in [-0.2, -0.15) is 5.21 Å². The van der Waals surface area contributed by atoms with Crippen LogP contribution in [0, 0.1) is 5.92 Å². The molecular weight excluding hydrogens is 1050 g/mol. The van der Waals surface area contributed by atoms with Gasteiger partial charge in [0, 0.05) is 38.6 Å². The predicted molar refractivity (Wildman–Crippen MR) is 319 cm³/mol. The lowest BCUT2D eigenvalue weighted by molar-refractivity contribution is -0.145. The maximum atomic E-state index is 12.4. The summed E-state index contributed by atoms with van der Waals surface area (Å²) >= 11 is 0. The maximum absolute atomic E-state index is 12.4. The molecule has 1 rings (SSSR count). The summed E-state index contributed by atoms with van der Waals surface area (Å²) in [6.07, 6.45) is 49.7. The summed E-state index contributed by atoms with van der Waals surface area (Å²) in [4.78, 5) is 71.3. The van der Waals surface area contributed by atoms with E-state index in [1.807, 2.05) is 0 Å². The minimum absolute atomic E-state index is 0.0368. The molecule has 0 aliphatic carbocycles. The van der Waals surface area contributed by atoms with Crippen LogP contribution < -0.4 is 15.4 Å². The summed E-state index contributed by atoms with van der Waals surface area (Å²) in [6.45, 7) is 1.68. The van der Waals surface area contributed by atoms with Crippen LogP contribution in [0.2, 0.25) is 0 Å². The number of carbonyl (C=O) groups excluding carboxylic acids is 4. The number of nitrogens with one attached hydrogen (secondary N) is 4. The SMILES string of the molecule is CCC(NC(=O)CC[C@H](CC(=O)COCCOCCNC(=O)CCCS(=O)(=O)NC(=O)CCCCCCCCCCCCCCCCCCCCCCCCCCCCCCCCCCCCCCCc1nn[nH]n1)C(=O)O)C(=O)O. The van der Waals surface area contributed by atoms with Gasteiger partial charge in [-0.25, -0.2) is 13.2 Å². The highest BCUT2D eigenvalue weighted by molar-refractivity contribution is 7.90. The molecule has 0 aliphatic heterocycles. The Bertz CT molecular complexity index is 1820. The fraction of sp³-hybridized carbons (Fsp3) is 0.885. The third-order valence-corrected chi connectivity index (χ3v) is 16.4. The van der Waals surface area contributed by atoms with E-state index in [1.165, 1.54) is 212 Å². The number of amides is 3. The lowest BCUT2D eigenvalue weighted by Crippen LogP contribution is -2.40. The van der Waals surface area contributed by atoms with Crippen molar-refractivity contribution in [2.75, 3.05) is 38.7 Å². The number of carbonyl (C=O) groups is 6. The highest BCUT2D eigenvalue weighted by Crippen LogP contribution is 2.19. The number of Topliss-reactive ketones (excluding diaryl/α,β-unsaturated/α-hetero) is 1. The number of hydrogen-bond donors (Lipinski definition) is 6. The number of nitrogens with zero attached hydrogens (tertiary/aromatic N) is 3. The van der Waals surface area contributed by atoms with Crippen molar-refractivity contribution in [2.45, 2.75) is 302 Å². The molecule has 0 bridgehead atoms. The van der Waals surface area contributed by atoms with Crippen molar-refractivity contribution < 1.29 is 56.9 Å². The molecule has 1 aromatic rings. The van der Waals surface area contributed by atoms with Crippen LogP contribution in [0.3, 0.4) is 0 Å². The van der Waals surface area contributed by atoms with Crippen molar-refractivity contribution in [1.29, 1.82) is 0 Å². The van der Waals surface area contributed by atoms with Gasteiger partial charge in [0.2, 0.25) is 27.7 Å². The van der Waals surface area contributed by atoms with Crippen molar-refractivity contribution in [3.05, 3.63) is 5.82 Å². The van der Waals surface area contributed by atoms with Crippen LogP contribution in [-0.4, -0.2) is 119 Å². The van der Waals surface area contributed by atoms with Crippen molar-refractivity contribution >= 4 is 45.5 Å². The zero-order valence-corrected chi connectivity index (χ0v) is 51.3. The molecule has 3 amide bonds. The first-order chi connectivity index (χ1) is 39.3. The highest BCUT2D eigenvalue weighted by Gasteiger charge is 2.24. The largest absolute Gasteiger partial charge is 0.481 e. The van der Waals surface area contributed by atoms with Crippen molar-refractivity contribution in [3.8, 4) is 0 Å². The van der Waals surface area contributed by atoms with E-state index in [2.05, 4.69) is 36.0 Å². The van der Waals surface area contributed by atoms with Gasteiger partial charge in [0.15, 0.2) is 11.6 Å². The van der Waals surface area contributed by atoms with Crippen LogP contribution in [0.15, 0.2) is 0 Å². The van der Waals surface area contributed by atoms with E-state index >= 15 is 0 Å². The Balaban J connectivity index is 1.79. The molecule has 0 aromatic carbocycles. The number of ketones is 1. The second kappa shape index (κ2) is 53.9. The average Bonchev–Trinajstić information content (AvgIpc) is 3.96. The Hall–Kier alpha value is -4.04. The number of aromatic amines is 1. The molecular formula is C61H113N7O12S. The predicted octanol–water partition coefficient (Wildman–Crippen LogP) is 12.4. The van der Waals surface area contributed by atoms with Gasteiger partial charge in [-0.05, 0) is 32.1 Å². The van der Waals surface area contributed by atoms with Gasteiger partial charge in [-0.3, -0.25) is 28.7 Å². The molecule has 19 nitrogen and oxygen atoms in total. The average molecular weight is 1170 g/mol. The molecule has 470 valence electrons. The van der Waals surface area contributed by atoms with Crippen LogP contribution >= 0.6 is 0 Å². The normalized spacial score (nSPS) is 12.3. The van der Waals surface area contributed by atoms with E-state index in [9.17, 15) is 42.3 Å². The third kappa shape index (κ3) is 50.2. The third-order valence-electron chi connectivity index (χ3n) is 15.1. The molecule has 2 atom stereocenters. The van der Waals surface area contributed by atoms with Gasteiger partial charge in [0.05, 0.1) is 31.5 Å². The minimum atomic E-state index is -3.84. The van der Waals surface area contributed by atoms with E-state index in [-0.39, 0.29) is 89.6 Å². The maximum Gasteiger partial charge on any atom is 0.326 e. The zero-order chi connectivity index (χ0) is 59.1. The van der Waals surface area contributed by atoms with Gasteiger partial charge in [-0.15, -0.1) is 10.2 Å². The Labute approximate surface area is 488 Å². The number of unbranched alkanes of at least 4 members (excludes halogenated alkanes) is 36. The Morgan fingerprint density at radius 2 is 0.926 bits per heavy atom. The lowest BCUT2D eigenvalue weighted by atomic mass is 9.97. The number of ether oxygens (including phenoxy) is 2. The van der Waals surface area contributed by atoms with Gasteiger partial charge < -0.3 is 30.3 Å². The highest BCUT2D eigenvalue weighted by atomic mass is 32.2. The van der Waals surface area contributed by atoms with Crippen LogP contribution in [-0.2, 0) is 54.7 Å². The first kappa shape index (κ1) is 75.0. The number of tetrazole rings is 1. The lowest BCUT2D eigenvalue weighted by Gasteiger charge is -2.14. The van der Waals surface area contributed by atoms with E-state index < -0.39 is 51.5 Å². The number of aromatic nitrogens is 4. The van der Waals surface area contributed by atoms with E-state index in [1.54, 1.807) is 6.92 Å². The fourth-order valence-electron chi connectivity index (χ4n) is 10.1. The number of carboxylic acid groups (broad SMARTS) is 2. The second-order valence-electron chi connectivity index (χ2n) is 22.6. The van der Waals surface area contributed by atoms with Crippen LogP contribution in [0.4, 0.5) is 0 Å². The van der Waals surface area contributed by atoms with Gasteiger partial charge >= 0.3 is 11.9 Å². The van der Waals surface area contributed by atoms with Gasteiger partial charge in [-0.1, -0.05) is 237 Å².